The Balaban J connectivity index is 1.70. The van der Waals surface area contributed by atoms with E-state index in [4.69, 9.17) is 10.5 Å². The van der Waals surface area contributed by atoms with Gasteiger partial charge in [-0.3, -0.25) is 10.1 Å². The molecule has 2 saturated heterocycles. The van der Waals surface area contributed by atoms with Crippen LogP contribution in [0.1, 0.15) is 30.9 Å². The first-order valence-corrected chi connectivity index (χ1v) is 8.66. The summed E-state index contributed by atoms with van der Waals surface area (Å²) >= 11 is 1.96. The number of amides is 1. The molecular formula is C16H22N2O2S. The number of nitrogens with one attached hydrogen (secondary N) is 1. The lowest BCUT2D eigenvalue weighted by molar-refractivity contribution is -0.121. The summed E-state index contributed by atoms with van der Waals surface area (Å²) < 4.78 is 6.03. The Morgan fingerprint density at radius 1 is 1.43 bits per heavy atom. The van der Waals surface area contributed by atoms with Crippen molar-refractivity contribution in [2.75, 3.05) is 18.1 Å². The molecule has 1 amide bonds. The van der Waals surface area contributed by atoms with Gasteiger partial charge in [-0.25, -0.2) is 0 Å². The van der Waals surface area contributed by atoms with E-state index in [2.05, 4.69) is 5.32 Å². The standard InChI is InChI=1S/C16H22N2O2S/c17-15(19)14(12-4-2-1-3-5-12)18-13-6-8-20-16(10-13)7-9-21-11-16/h1-5,13-14,18H,6-11H2,(H2,17,19)/t13-,14+,16+/m0/s1. The predicted molar refractivity (Wildman–Crippen MR) is 85.2 cm³/mol. The molecule has 21 heavy (non-hydrogen) atoms. The third-order valence-corrected chi connectivity index (χ3v) is 5.60. The SMILES string of the molecule is NC(=O)[C@H](N[C@H]1CCO[C@]2(CCSC2)C1)c1ccccc1. The maximum atomic E-state index is 11.8. The Morgan fingerprint density at radius 3 is 2.90 bits per heavy atom. The molecule has 4 nitrogen and oxygen atoms in total. The number of carbonyl (C=O) groups excluding carboxylic acids is 1. The molecular weight excluding hydrogens is 284 g/mol. The fraction of sp³-hybridized carbons (Fsp3) is 0.562. The molecule has 0 aliphatic carbocycles. The van der Waals surface area contributed by atoms with E-state index in [1.165, 1.54) is 5.75 Å². The van der Waals surface area contributed by atoms with Crippen LogP contribution in [-0.2, 0) is 9.53 Å². The van der Waals surface area contributed by atoms with Gasteiger partial charge in [0.2, 0.25) is 5.91 Å². The summed E-state index contributed by atoms with van der Waals surface area (Å²) in [5.74, 6) is 1.92. The van der Waals surface area contributed by atoms with E-state index in [1.54, 1.807) is 0 Å². The first kappa shape index (κ1) is 14.9. The van der Waals surface area contributed by atoms with Crippen LogP contribution >= 0.6 is 11.8 Å². The Kier molecular flexibility index (Phi) is 4.52. The topological polar surface area (TPSA) is 64.4 Å². The van der Waals surface area contributed by atoms with E-state index in [0.29, 0.717) is 0 Å². The Bertz CT molecular complexity index is 488. The average molecular weight is 306 g/mol. The molecule has 0 aromatic heterocycles. The lowest BCUT2D eigenvalue weighted by Crippen LogP contribution is -2.49. The molecule has 3 N–H and O–H groups in total. The number of rotatable bonds is 4. The fourth-order valence-electron chi connectivity index (χ4n) is 3.26. The zero-order valence-electron chi connectivity index (χ0n) is 12.1. The van der Waals surface area contributed by atoms with Crippen molar-refractivity contribution in [3.8, 4) is 0 Å². The number of hydrogen-bond acceptors (Lipinski definition) is 4. The highest BCUT2D eigenvalue weighted by Crippen LogP contribution is 2.38. The van der Waals surface area contributed by atoms with Gasteiger partial charge in [-0.2, -0.15) is 11.8 Å². The Hall–Kier alpha value is -1.04. The van der Waals surface area contributed by atoms with Gasteiger partial charge in [0.1, 0.15) is 6.04 Å². The van der Waals surface area contributed by atoms with Crippen LogP contribution in [0.3, 0.4) is 0 Å². The smallest absolute Gasteiger partial charge is 0.239 e. The molecule has 0 saturated carbocycles. The minimum Gasteiger partial charge on any atom is -0.374 e. The van der Waals surface area contributed by atoms with Crippen molar-refractivity contribution in [3.63, 3.8) is 0 Å². The monoisotopic (exact) mass is 306 g/mol. The molecule has 1 aromatic rings. The van der Waals surface area contributed by atoms with Gasteiger partial charge in [-0.05, 0) is 30.6 Å². The van der Waals surface area contributed by atoms with Crippen LogP contribution in [0.15, 0.2) is 30.3 Å². The summed E-state index contributed by atoms with van der Waals surface area (Å²) in [4.78, 5) is 11.8. The van der Waals surface area contributed by atoms with Crippen LogP contribution in [0.4, 0.5) is 0 Å². The maximum absolute atomic E-state index is 11.8. The van der Waals surface area contributed by atoms with Crippen molar-refractivity contribution >= 4 is 17.7 Å². The van der Waals surface area contributed by atoms with Gasteiger partial charge in [-0.1, -0.05) is 30.3 Å². The zero-order valence-corrected chi connectivity index (χ0v) is 12.9. The van der Waals surface area contributed by atoms with Crippen molar-refractivity contribution < 1.29 is 9.53 Å². The summed E-state index contributed by atoms with van der Waals surface area (Å²) in [5.41, 5.74) is 6.54. The minimum absolute atomic E-state index is 0.0134. The first-order valence-electron chi connectivity index (χ1n) is 7.51. The first-order chi connectivity index (χ1) is 10.2. The molecule has 1 spiro atoms. The third kappa shape index (κ3) is 3.42. The Labute approximate surface area is 129 Å². The zero-order chi connectivity index (χ0) is 14.7. The molecule has 2 fully saturated rings. The lowest BCUT2D eigenvalue weighted by Gasteiger charge is -2.39. The van der Waals surface area contributed by atoms with Gasteiger partial charge in [0.15, 0.2) is 0 Å². The molecule has 5 heteroatoms. The number of thioether (sulfide) groups is 1. The fourth-order valence-corrected chi connectivity index (χ4v) is 4.64. The van der Waals surface area contributed by atoms with E-state index in [-0.39, 0.29) is 17.6 Å². The highest BCUT2D eigenvalue weighted by Gasteiger charge is 2.41. The van der Waals surface area contributed by atoms with Gasteiger partial charge in [0, 0.05) is 18.4 Å². The largest absolute Gasteiger partial charge is 0.374 e. The van der Waals surface area contributed by atoms with Crippen molar-refractivity contribution in [1.29, 1.82) is 0 Å². The second-order valence-electron chi connectivity index (χ2n) is 5.94. The van der Waals surface area contributed by atoms with Gasteiger partial charge in [-0.15, -0.1) is 0 Å². The van der Waals surface area contributed by atoms with Crippen LogP contribution < -0.4 is 11.1 Å². The van der Waals surface area contributed by atoms with E-state index in [0.717, 1.165) is 37.2 Å². The molecule has 114 valence electrons. The highest BCUT2D eigenvalue weighted by atomic mass is 32.2. The number of nitrogens with two attached hydrogens (primary N) is 1. The molecule has 1 aromatic carbocycles. The van der Waals surface area contributed by atoms with Crippen LogP contribution in [-0.4, -0.2) is 35.7 Å². The average Bonchev–Trinajstić information content (AvgIpc) is 2.93. The minimum atomic E-state index is -0.416. The van der Waals surface area contributed by atoms with Gasteiger partial charge in [0.05, 0.1) is 5.60 Å². The van der Waals surface area contributed by atoms with E-state index in [1.807, 2.05) is 42.1 Å². The molecule has 3 atom stereocenters. The van der Waals surface area contributed by atoms with Crippen LogP contribution in [0.25, 0.3) is 0 Å². The molecule has 2 aliphatic rings. The summed E-state index contributed by atoms with van der Waals surface area (Å²) in [6.07, 6.45) is 3.02. The van der Waals surface area contributed by atoms with Crippen molar-refractivity contribution in [3.05, 3.63) is 35.9 Å². The molecule has 2 heterocycles. The highest BCUT2D eigenvalue weighted by molar-refractivity contribution is 7.99. The molecule has 2 aliphatic heterocycles. The Morgan fingerprint density at radius 2 is 2.24 bits per heavy atom. The summed E-state index contributed by atoms with van der Waals surface area (Å²) in [5, 5.41) is 3.46. The van der Waals surface area contributed by atoms with Crippen LogP contribution in [0.2, 0.25) is 0 Å². The van der Waals surface area contributed by atoms with Crippen molar-refractivity contribution in [2.24, 2.45) is 5.73 Å². The van der Waals surface area contributed by atoms with E-state index >= 15 is 0 Å². The molecule has 0 radical (unpaired) electrons. The van der Waals surface area contributed by atoms with E-state index < -0.39 is 6.04 Å². The number of ether oxygens (including phenoxy) is 1. The second kappa shape index (κ2) is 6.38. The number of benzene rings is 1. The number of hydrogen-bond donors (Lipinski definition) is 2. The van der Waals surface area contributed by atoms with Gasteiger partial charge in [0.25, 0.3) is 0 Å². The maximum Gasteiger partial charge on any atom is 0.239 e. The second-order valence-corrected chi connectivity index (χ2v) is 7.04. The van der Waals surface area contributed by atoms with Crippen LogP contribution in [0, 0.1) is 0 Å². The lowest BCUT2D eigenvalue weighted by atomic mass is 9.89. The predicted octanol–water partition coefficient (Wildman–Crippen LogP) is 1.86. The third-order valence-electron chi connectivity index (χ3n) is 4.38. The molecule has 0 unspecified atom stereocenters. The van der Waals surface area contributed by atoms with Crippen molar-refractivity contribution in [2.45, 2.75) is 36.9 Å². The van der Waals surface area contributed by atoms with E-state index in [9.17, 15) is 4.79 Å². The van der Waals surface area contributed by atoms with Crippen molar-refractivity contribution in [1.82, 2.24) is 5.32 Å². The quantitative estimate of drug-likeness (QED) is 0.891. The summed E-state index contributed by atoms with van der Waals surface area (Å²) in [7, 11) is 0. The molecule has 0 bridgehead atoms. The molecule has 3 rings (SSSR count). The van der Waals surface area contributed by atoms with Gasteiger partial charge >= 0.3 is 0 Å². The number of carbonyl (C=O) groups is 1. The number of primary amides is 1. The normalized spacial score (nSPS) is 30.4. The van der Waals surface area contributed by atoms with Gasteiger partial charge < -0.3 is 10.5 Å². The van der Waals surface area contributed by atoms with Crippen LogP contribution in [0.5, 0.6) is 0 Å². The summed E-state index contributed by atoms with van der Waals surface area (Å²) in [6.45, 7) is 0.762. The summed E-state index contributed by atoms with van der Waals surface area (Å²) in [6, 6.07) is 9.58.